The van der Waals surface area contributed by atoms with E-state index in [9.17, 15) is 9.59 Å². The second kappa shape index (κ2) is 7.71. The predicted molar refractivity (Wildman–Crippen MR) is 84.6 cm³/mol. The predicted octanol–water partition coefficient (Wildman–Crippen LogP) is 3.04. The largest absolute Gasteiger partial charge is 0.481 e. The molecule has 1 aliphatic rings. The maximum absolute atomic E-state index is 12.2. The molecule has 6 heteroatoms. The Hall–Kier alpha value is -1.20. The Kier molecular flexibility index (Phi) is 5.94. The van der Waals surface area contributed by atoms with E-state index in [1.807, 2.05) is 24.3 Å². The van der Waals surface area contributed by atoms with E-state index in [1.54, 1.807) is 16.7 Å². The van der Waals surface area contributed by atoms with Crippen molar-refractivity contribution in [3.63, 3.8) is 0 Å². The van der Waals surface area contributed by atoms with Gasteiger partial charge in [0.2, 0.25) is 5.91 Å². The van der Waals surface area contributed by atoms with Gasteiger partial charge in [-0.15, -0.1) is 11.8 Å². The molecule has 0 radical (unpaired) electrons. The molecule has 0 aliphatic carbocycles. The van der Waals surface area contributed by atoms with Crippen LogP contribution in [0.1, 0.15) is 24.8 Å². The fraction of sp³-hybridized carbons (Fsp3) is 0.467. The highest BCUT2D eigenvalue weighted by Crippen LogP contribution is 2.22. The van der Waals surface area contributed by atoms with E-state index in [-0.39, 0.29) is 18.4 Å². The summed E-state index contributed by atoms with van der Waals surface area (Å²) in [5.74, 6) is 0.338. The van der Waals surface area contributed by atoms with Crippen LogP contribution in [0.15, 0.2) is 24.3 Å². The van der Waals surface area contributed by atoms with Crippen molar-refractivity contribution >= 4 is 35.2 Å². The van der Waals surface area contributed by atoms with E-state index in [0.717, 1.165) is 24.2 Å². The summed E-state index contributed by atoms with van der Waals surface area (Å²) in [6.45, 7) is 0.679. The Bertz CT molecular complexity index is 506. The molecule has 1 unspecified atom stereocenters. The molecule has 21 heavy (non-hydrogen) atoms. The lowest BCUT2D eigenvalue weighted by atomic mass is 10.1. The zero-order valence-electron chi connectivity index (χ0n) is 11.6. The molecule has 1 aliphatic heterocycles. The highest BCUT2D eigenvalue weighted by atomic mass is 35.5. The number of likely N-dealkylation sites (tertiary alicyclic amines) is 1. The molecule has 1 saturated heterocycles. The molecule has 0 saturated carbocycles. The van der Waals surface area contributed by atoms with Crippen LogP contribution in [0.4, 0.5) is 0 Å². The average Bonchev–Trinajstić information content (AvgIpc) is 2.88. The Labute approximate surface area is 133 Å². The van der Waals surface area contributed by atoms with E-state index in [4.69, 9.17) is 16.7 Å². The van der Waals surface area contributed by atoms with Crippen molar-refractivity contribution in [3.05, 3.63) is 34.9 Å². The fourth-order valence-electron chi connectivity index (χ4n) is 2.50. The summed E-state index contributed by atoms with van der Waals surface area (Å²) >= 11 is 7.37. The average molecular weight is 328 g/mol. The molecular formula is C15H18ClNO3S. The molecular weight excluding hydrogens is 310 g/mol. The number of benzene rings is 1. The van der Waals surface area contributed by atoms with Gasteiger partial charge in [-0.2, -0.15) is 0 Å². The molecule has 2 rings (SSSR count). The van der Waals surface area contributed by atoms with Gasteiger partial charge in [0.05, 0.1) is 12.2 Å². The summed E-state index contributed by atoms with van der Waals surface area (Å²) in [7, 11) is 0. The van der Waals surface area contributed by atoms with Crippen LogP contribution in [0.2, 0.25) is 5.02 Å². The van der Waals surface area contributed by atoms with Crippen LogP contribution in [-0.4, -0.2) is 40.2 Å². The van der Waals surface area contributed by atoms with Crippen LogP contribution in [-0.2, 0) is 15.3 Å². The van der Waals surface area contributed by atoms with Crippen molar-refractivity contribution < 1.29 is 14.7 Å². The number of carbonyl (C=O) groups is 2. The lowest BCUT2D eigenvalue weighted by Crippen LogP contribution is -2.37. The molecule has 0 aromatic heterocycles. The van der Waals surface area contributed by atoms with Crippen molar-refractivity contribution in [3.8, 4) is 0 Å². The molecule has 1 amide bonds. The number of hydrogen-bond acceptors (Lipinski definition) is 3. The Morgan fingerprint density at radius 2 is 2.05 bits per heavy atom. The summed E-state index contributed by atoms with van der Waals surface area (Å²) < 4.78 is 0. The van der Waals surface area contributed by atoms with E-state index in [1.165, 1.54) is 0 Å². The number of hydrogen-bond donors (Lipinski definition) is 1. The third-order valence-corrected chi connectivity index (χ3v) is 4.76. The zero-order chi connectivity index (χ0) is 15.2. The summed E-state index contributed by atoms with van der Waals surface area (Å²) in [4.78, 5) is 24.7. The fourth-order valence-corrected chi connectivity index (χ4v) is 3.49. The second-order valence-corrected chi connectivity index (χ2v) is 6.52. The minimum atomic E-state index is -0.839. The van der Waals surface area contributed by atoms with Gasteiger partial charge in [0, 0.05) is 23.4 Å². The maximum atomic E-state index is 12.2. The van der Waals surface area contributed by atoms with E-state index < -0.39 is 5.97 Å². The summed E-state index contributed by atoms with van der Waals surface area (Å²) in [5, 5.41) is 9.57. The minimum Gasteiger partial charge on any atom is -0.481 e. The van der Waals surface area contributed by atoms with Gasteiger partial charge in [0.1, 0.15) is 0 Å². The van der Waals surface area contributed by atoms with Crippen LogP contribution >= 0.6 is 23.4 Å². The van der Waals surface area contributed by atoms with E-state index >= 15 is 0 Å². The molecule has 1 heterocycles. The molecule has 4 nitrogen and oxygen atoms in total. The van der Waals surface area contributed by atoms with Crippen LogP contribution in [0, 0.1) is 0 Å². The number of amides is 1. The van der Waals surface area contributed by atoms with Crippen molar-refractivity contribution in [2.24, 2.45) is 0 Å². The standard InChI is InChI=1S/C15H18ClNO3S/c16-12-5-3-11(4-6-12)9-21-10-14(18)17-7-1-2-13(17)8-15(19)20/h3-6,13H,1-2,7-10H2,(H,19,20). The van der Waals surface area contributed by atoms with Gasteiger partial charge in [0.25, 0.3) is 0 Å². The molecule has 1 fully saturated rings. The normalized spacial score (nSPS) is 18.0. The highest BCUT2D eigenvalue weighted by Gasteiger charge is 2.29. The van der Waals surface area contributed by atoms with Crippen LogP contribution in [0.3, 0.4) is 0 Å². The smallest absolute Gasteiger partial charge is 0.305 e. The third kappa shape index (κ3) is 4.93. The van der Waals surface area contributed by atoms with Crippen LogP contribution < -0.4 is 0 Å². The van der Waals surface area contributed by atoms with Gasteiger partial charge in [-0.25, -0.2) is 0 Å². The van der Waals surface area contributed by atoms with Crippen molar-refractivity contribution in [1.82, 2.24) is 4.90 Å². The summed E-state index contributed by atoms with van der Waals surface area (Å²) in [6, 6.07) is 7.43. The number of rotatable bonds is 6. The number of halogens is 1. The van der Waals surface area contributed by atoms with Crippen LogP contribution in [0.25, 0.3) is 0 Å². The van der Waals surface area contributed by atoms with E-state index in [2.05, 4.69) is 0 Å². The molecule has 0 spiro atoms. The first-order valence-electron chi connectivity index (χ1n) is 6.89. The van der Waals surface area contributed by atoms with Crippen molar-refractivity contribution in [2.75, 3.05) is 12.3 Å². The topological polar surface area (TPSA) is 57.6 Å². The van der Waals surface area contributed by atoms with Gasteiger partial charge in [-0.05, 0) is 30.5 Å². The number of thioether (sulfide) groups is 1. The van der Waals surface area contributed by atoms with Gasteiger partial charge in [-0.3, -0.25) is 9.59 Å². The first kappa shape index (κ1) is 16.2. The Morgan fingerprint density at radius 1 is 1.33 bits per heavy atom. The Morgan fingerprint density at radius 3 is 2.71 bits per heavy atom. The number of carboxylic acids is 1. The first-order chi connectivity index (χ1) is 10.1. The molecule has 1 N–H and O–H groups in total. The first-order valence-corrected chi connectivity index (χ1v) is 8.43. The van der Waals surface area contributed by atoms with Gasteiger partial charge in [-0.1, -0.05) is 23.7 Å². The van der Waals surface area contributed by atoms with Gasteiger partial charge in [0.15, 0.2) is 0 Å². The molecule has 1 aromatic rings. The molecule has 0 bridgehead atoms. The second-order valence-electron chi connectivity index (χ2n) is 5.10. The molecule has 1 atom stereocenters. The molecule has 114 valence electrons. The van der Waals surface area contributed by atoms with Gasteiger partial charge >= 0.3 is 5.97 Å². The number of nitrogens with zero attached hydrogens (tertiary/aromatic N) is 1. The van der Waals surface area contributed by atoms with Crippen LogP contribution in [0.5, 0.6) is 0 Å². The Balaban J connectivity index is 1.78. The lowest BCUT2D eigenvalue weighted by molar-refractivity contribution is -0.139. The number of carboxylic acid groups (broad SMARTS) is 1. The third-order valence-electron chi connectivity index (χ3n) is 3.52. The number of aliphatic carboxylic acids is 1. The number of carbonyl (C=O) groups excluding carboxylic acids is 1. The quantitative estimate of drug-likeness (QED) is 0.872. The van der Waals surface area contributed by atoms with Crippen molar-refractivity contribution in [1.29, 1.82) is 0 Å². The van der Waals surface area contributed by atoms with E-state index in [0.29, 0.717) is 17.3 Å². The minimum absolute atomic E-state index is 0.0395. The SMILES string of the molecule is O=C(O)CC1CCCN1C(=O)CSCc1ccc(Cl)cc1. The zero-order valence-corrected chi connectivity index (χ0v) is 13.2. The summed E-state index contributed by atoms with van der Waals surface area (Å²) in [5.41, 5.74) is 1.13. The van der Waals surface area contributed by atoms with Gasteiger partial charge < -0.3 is 10.0 Å². The summed E-state index contributed by atoms with van der Waals surface area (Å²) in [6.07, 6.45) is 1.74. The monoisotopic (exact) mass is 327 g/mol. The lowest BCUT2D eigenvalue weighted by Gasteiger charge is -2.23. The highest BCUT2D eigenvalue weighted by molar-refractivity contribution is 7.99. The maximum Gasteiger partial charge on any atom is 0.305 e. The van der Waals surface area contributed by atoms with Crippen molar-refractivity contribution in [2.45, 2.75) is 31.1 Å². The molecule has 1 aromatic carbocycles.